The lowest BCUT2D eigenvalue weighted by molar-refractivity contribution is -0.148. The number of rotatable bonds is 1. The maximum absolute atomic E-state index is 11.3. The molecule has 1 aliphatic heterocycles. The molecule has 0 N–H and O–H groups in total. The number of ether oxygens (including phenoxy) is 1. The van der Waals surface area contributed by atoms with Gasteiger partial charge in [0.15, 0.2) is 0 Å². The number of carbonyl (C=O) groups excluding carboxylic acids is 1. The summed E-state index contributed by atoms with van der Waals surface area (Å²) < 4.78 is 5.35. The van der Waals surface area contributed by atoms with E-state index in [0.29, 0.717) is 6.42 Å². The first-order valence-corrected chi connectivity index (χ1v) is 8.95. The zero-order valence-electron chi connectivity index (χ0n) is 10.3. The zero-order valence-corrected chi connectivity index (χ0v) is 11.3. The number of hydrogen-bond donors (Lipinski definition) is 0. The van der Waals surface area contributed by atoms with E-state index in [2.05, 4.69) is 31.1 Å². The van der Waals surface area contributed by atoms with E-state index >= 15 is 0 Å². The summed E-state index contributed by atoms with van der Waals surface area (Å²) in [6, 6.07) is 0. The summed E-state index contributed by atoms with van der Waals surface area (Å²) >= 11 is 0. The molecular formula is C12H20O2Si. The maximum atomic E-state index is 11.3. The Bertz CT molecular complexity index is 319. The fraction of sp³-hybridized carbons (Fsp3) is 0.750. The van der Waals surface area contributed by atoms with E-state index in [1.165, 1.54) is 0 Å². The minimum atomic E-state index is -1.30. The van der Waals surface area contributed by atoms with E-state index in [9.17, 15) is 4.79 Å². The molecule has 1 rings (SSSR count). The van der Waals surface area contributed by atoms with E-state index in [4.69, 9.17) is 4.74 Å². The second-order valence-electron chi connectivity index (χ2n) is 5.70. The van der Waals surface area contributed by atoms with Crippen molar-refractivity contribution in [3.63, 3.8) is 0 Å². The molecule has 0 saturated carbocycles. The quantitative estimate of drug-likeness (QED) is 0.389. The molecule has 15 heavy (non-hydrogen) atoms. The smallest absolute Gasteiger partial charge is 0.309 e. The van der Waals surface area contributed by atoms with Crippen molar-refractivity contribution in [1.82, 2.24) is 0 Å². The van der Waals surface area contributed by atoms with Crippen molar-refractivity contribution in [1.29, 1.82) is 0 Å². The van der Waals surface area contributed by atoms with Crippen molar-refractivity contribution in [2.24, 2.45) is 5.92 Å². The lowest BCUT2D eigenvalue weighted by atomic mass is 9.94. The Labute approximate surface area is 93.4 Å². The topological polar surface area (TPSA) is 26.3 Å². The Balaban J connectivity index is 2.59. The predicted molar refractivity (Wildman–Crippen MR) is 64.0 cm³/mol. The molecule has 0 aromatic heterocycles. The standard InChI is InChI=1S/C12H20O2Si/c1-10-9-12(2,14-11(10)13)7-6-8-15(3,4)5/h10H,7,9H2,1-5H3/t10-,12+/m1/s1. The Morgan fingerprint density at radius 2 is 2.13 bits per heavy atom. The molecule has 0 radical (unpaired) electrons. The Kier molecular flexibility index (Phi) is 3.30. The van der Waals surface area contributed by atoms with Crippen LogP contribution in [0.4, 0.5) is 0 Å². The van der Waals surface area contributed by atoms with Gasteiger partial charge in [-0.1, -0.05) is 26.6 Å². The fourth-order valence-corrected chi connectivity index (χ4v) is 2.34. The van der Waals surface area contributed by atoms with Gasteiger partial charge in [0.1, 0.15) is 13.7 Å². The largest absolute Gasteiger partial charge is 0.458 e. The third-order valence-electron chi connectivity index (χ3n) is 2.41. The van der Waals surface area contributed by atoms with Gasteiger partial charge in [-0.3, -0.25) is 4.79 Å². The van der Waals surface area contributed by atoms with E-state index in [1.807, 2.05) is 13.8 Å². The lowest BCUT2D eigenvalue weighted by Gasteiger charge is -2.19. The van der Waals surface area contributed by atoms with E-state index in [0.717, 1.165) is 6.42 Å². The van der Waals surface area contributed by atoms with E-state index in [1.54, 1.807) is 0 Å². The fourth-order valence-electron chi connectivity index (χ4n) is 1.72. The minimum Gasteiger partial charge on any atom is -0.458 e. The van der Waals surface area contributed by atoms with Crippen LogP contribution in [0.15, 0.2) is 0 Å². The summed E-state index contributed by atoms with van der Waals surface area (Å²) in [5, 5.41) is 0. The van der Waals surface area contributed by atoms with E-state index < -0.39 is 8.07 Å². The summed E-state index contributed by atoms with van der Waals surface area (Å²) in [5.41, 5.74) is 2.96. The predicted octanol–water partition coefficient (Wildman–Crippen LogP) is 2.60. The number of cyclic esters (lactones) is 1. The molecule has 1 fully saturated rings. The SMILES string of the molecule is C[C@@H]1C[C@](C)(CC#C[Si](C)(C)C)OC1=O. The molecule has 0 unspecified atom stereocenters. The van der Waals surface area contributed by atoms with Crippen LogP contribution >= 0.6 is 0 Å². The van der Waals surface area contributed by atoms with Gasteiger partial charge in [0.25, 0.3) is 0 Å². The van der Waals surface area contributed by atoms with Crippen molar-refractivity contribution in [3.8, 4) is 11.5 Å². The Morgan fingerprint density at radius 3 is 2.53 bits per heavy atom. The minimum absolute atomic E-state index is 0.0312. The van der Waals surface area contributed by atoms with Gasteiger partial charge in [-0.2, -0.15) is 0 Å². The summed E-state index contributed by atoms with van der Waals surface area (Å²) in [5.74, 6) is 3.14. The molecule has 1 saturated heterocycles. The second-order valence-corrected chi connectivity index (χ2v) is 10.5. The van der Waals surface area contributed by atoms with Crippen molar-refractivity contribution >= 4 is 14.0 Å². The molecule has 1 aliphatic rings. The van der Waals surface area contributed by atoms with Crippen LogP contribution < -0.4 is 0 Å². The van der Waals surface area contributed by atoms with Crippen LogP contribution in [0.5, 0.6) is 0 Å². The first-order valence-electron chi connectivity index (χ1n) is 5.45. The molecular weight excluding hydrogens is 204 g/mol. The van der Waals surface area contributed by atoms with Crippen LogP contribution in [0.3, 0.4) is 0 Å². The van der Waals surface area contributed by atoms with Gasteiger partial charge in [-0.15, -0.1) is 11.5 Å². The van der Waals surface area contributed by atoms with Crippen LogP contribution in [0.1, 0.15) is 26.7 Å². The monoisotopic (exact) mass is 224 g/mol. The van der Waals surface area contributed by atoms with Crippen molar-refractivity contribution in [3.05, 3.63) is 0 Å². The molecule has 0 aromatic carbocycles. The number of esters is 1. The van der Waals surface area contributed by atoms with Gasteiger partial charge in [-0.25, -0.2) is 0 Å². The molecule has 84 valence electrons. The van der Waals surface area contributed by atoms with Crippen LogP contribution in [-0.2, 0) is 9.53 Å². The Morgan fingerprint density at radius 1 is 1.53 bits per heavy atom. The molecule has 0 aromatic rings. The van der Waals surface area contributed by atoms with Gasteiger partial charge < -0.3 is 4.74 Å². The number of hydrogen-bond acceptors (Lipinski definition) is 2. The first-order chi connectivity index (χ1) is 6.72. The lowest BCUT2D eigenvalue weighted by Crippen LogP contribution is -2.23. The molecule has 3 heteroatoms. The highest BCUT2D eigenvalue weighted by molar-refractivity contribution is 6.83. The zero-order chi connectivity index (χ0) is 11.7. The maximum Gasteiger partial charge on any atom is 0.309 e. The highest BCUT2D eigenvalue weighted by Gasteiger charge is 2.40. The number of carbonyl (C=O) groups is 1. The summed E-state index contributed by atoms with van der Waals surface area (Å²) in [7, 11) is -1.30. The molecule has 0 bridgehead atoms. The summed E-state index contributed by atoms with van der Waals surface area (Å²) in [6.07, 6.45) is 1.47. The highest BCUT2D eigenvalue weighted by atomic mass is 28.3. The third kappa shape index (κ3) is 3.71. The van der Waals surface area contributed by atoms with Crippen LogP contribution in [0.25, 0.3) is 0 Å². The molecule has 0 amide bonds. The van der Waals surface area contributed by atoms with Crippen molar-refractivity contribution in [2.75, 3.05) is 0 Å². The normalized spacial score (nSPS) is 30.7. The molecule has 2 atom stereocenters. The van der Waals surface area contributed by atoms with Crippen LogP contribution in [0.2, 0.25) is 19.6 Å². The molecule has 0 spiro atoms. The summed E-state index contributed by atoms with van der Waals surface area (Å²) in [4.78, 5) is 11.3. The average Bonchev–Trinajstić information content (AvgIpc) is 2.23. The van der Waals surface area contributed by atoms with Gasteiger partial charge in [0.05, 0.1) is 5.92 Å². The molecule has 1 heterocycles. The second kappa shape index (κ2) is 4.01. The first kappa shape index (κ1) is 12.3. The highest BCUT2D eigenvalue weighted by Crippen LogP contribution is 2.32. The molecule has 0 aliphatic carbocycles. The summed E-state index contributed by atoms with van der Waals surface area (Å²) in [6.45, 7) is 10.5. The van der Waals surface area contributed by atoms with Crippen LogP contribution in [0, 0.1) is 17.4 Å². The van der Waals surface area contributed by atoms with Gasteiger partial charge in [0, 0.05) is 12.8 Å². The Hall–Kier alpha value is -0.753. The molecule has 2 nitrogen and oxygen atoms in total. The van der Waals surface area contributed by atoms with Crippen molar-refractivity contribution in [2.45, 2.75) is 51.9 Å². The van der Waals surface area contributed by atoms with Crippen molar-refractivity contribution < 1.29 is 9.53 Å². The van der Waals surface area contributed by atoms with Gasteiger partial charge in [0.2, 0.25) is 0 Å². The van der Waals surface area contributed by atoms with Gasteiger partial charge in [-0.05, 0) is 6.92 Å². The average molecular weight is 224 g/mol. The van der Waals surface area contributed by atoms with Crippen LogP contribution in [-0.4, -0.2) is 19.6 Å². The third-order valence-corrected chi connectivity index (χ3v) is 3.34. The van der Waals surface area contributed by atoms with Gasteiger partial charge >= 0.3 is 5.97 Å². The van der Waals surface area contributed by atoms with E-state index in [-0.39, 0.29) is 17.5 Å².